The molecule has 4 nitrogen and oxygen atoms in total. The third-order valence-corrected chi connectivity index (χ3v) is 4.13. The van der Waals surface area contributed by atoms with Crippen molar-refractivity contribution in [3.63, 3.8) is 0 Å². The Balaban J connectivity index is 2.35. The van der Waals surface area contributed by atoms with E-state index in [1.165, 1.54) is 0 Å². The predicted molar refractivity (Wildman–Crippen MR) is 73.3 cm³/mol. The van der Waals surface area contributed by atoms with Crippen LogP contribution < -0.4 is 10.6 Å². The van der Waals surface area contributed by atoms with E-state index in [-0.39, 0.29) is 17.9 Å². The minimum atomic E-state index is -0.428. The van der Waals surface area contributed by atoms with Crippen LogP contribution in [0.4, 0.5) is 0 Å². The lowest BCUT2D eigenvalue weighted by molar-refractivity contribution is -0.125. The van der Waals surface area contributed by atoms with E-state index >= 15 is 0 Å². The number of amides is 1. The molecule has 3 N–H and O–H groups in total. The summed E-state index contributed by atoms with van der Waals surface area (Å²) < 4.78 is 0. The standard InChI is InChI=1S/C14H28N2O2/c1-4-11(5-2)12(17)9-16-14(18)13-10(3)7-6-8-15-13/h10-13,15,17H,4-9H2,1-3H3,(H,16,18). The molecule has 106 valence electrons. The Labute approximate surface area is 111 Å². The van der Waals surface area contributed by atoms with Crippen LogP contribution in [0.3, 0.4) is 0 Å². The predicted octanol–water partition coefficient (Wildman–Crippen LogP) is 1.29. The monoisotopic (exact) mass is 256 g/mol. The molecule has 18 heavy (non-hydrogen) atoms. The zero-order valence-electron chi connectivity index (χ0n) is 11.9. The van der Waals surface area contributed by atoms with Crippen molar-refractivity contribution >= 4 is 5.91 Å². The summed E-state index contributed by atoms with van der Waals surface area (Å²) in [5.41, 5.74) is 0. The molecule has 1 aliphatic heterocycles. The molecule has 0 aliphatic carbocycles. The van der Waals surface area contributed by atoms with E-state index < -0.39 is 6.10 Å². The molecular formula is C14H28N2O2. The van der Waals surface area contributed by atoms with Crippen LogP contribution in [0.25, 0.3) is 0 Å². The number of piperidine rings is 1. The first-order valence-electron chi connectivity index (χ1n) is 7.29. The van der Waals surface area contributed by atoms with Gasteiger partial charge in [0.25, 0.3) is 0 Å². The van der Waals surface area contributed by atoms with Gasteiger partial charge in [0, 0.05) is 6.54 Å². The number of hydrogen-bond donors (Lipinski definition) is 3. The highest BCUT2D eigenvalue weighted by molar-refractivity contribution is 5.82. The van der Waals surface area contributed by atoms with E-state index in [0.29, 0.717) is 12.5 Å². The average molecular weight is 256 g/mol. The third-order valence-electron chi connectivity index (χ3n) is 4.13. The summed E-state index contributed by atoms with van der Waals surface area (Å²) in [5.74, 6) is 0.693. The summed E-state index contributed by atoms with van der Waals surface area (Å²) in [5, 5.41) is 16.1. The molecule has 0 aromatic rings. The first kappa shape index (κ1) is 15.4. The molecule has 1 saturated heterocycles. The molecule has 0 saturated carbocycles. The van der Waals surface area contributed by atoms with Gasteiger partial charge in [-0.15, -0.1) is 0 Å². The second-order valence-electron chi connectivity index (χ2n) is 5.44. The maximum atomic E-state index is 12.0. The second kappa shape index (κ2) is 7.74. The van der Waals surface area contributed by atoms with Crippen molar-refractivity contribution < 1.29 is 9.90 Å². The van der Waals surface area contributed by atoms with Crippen LogP contribution in [0.15, 0.2) is 0 Å². The third kappa shape index (κ3) is 4.25. The largest absolute Gasteiger partial charge is 0.391 e. The lowest BCUT2D eigenvalue weighted by Crippen LogP contribution is -2.52. The molecule has 1 heterocycles. The number of carbonyl (C=O) groups is 1. The molecule has 1 aliphatic rings. The van der Waals surface area contributed by atoms with Crippen LogP contribution in [0.5, 0.6) is 0 Å². The Morgan fingerprint density at radius 1 is 1.44 bits per heavy atom. The van der Waals surface area contributed by atoms with Gasteiger partial charge in [0.2, 0.25) is 5.91 Å². The summed E-state index contributed by atoms with van der Waals surface area (Å²) in [4.78, 5) is 12.0. The highest BCUT2D eigenvalue weighted by Crippen LogP contribution is 2.16. The Bertz CT molecular complexity index is 254. The molecule has 1 amide bonds. The molecule has 3 atom stereocenters. The van der Waals surface area contributed by atoms with Crippen LogP contribution in [0.1, 0.15) is 46.5 Å². The van der Waals surface area contributed by atoms with Gasteiger partial charge in [-0.05, 0) is 31.2 Å². The number of nitrogens with one attached hydrogen (secondary N) is 2. The Hall–Kier alpha value is -0.610. The average Bonchev–Trinajstić information content (AvgIpc) is 2.38. The van der Waals surface area contributed by atoms with Crippen LogP contribution >= 0.6 is 0 Å². The fraction of sp³-hybridized carbons (Fsp3) is 0.929. The fourth-order valence-corrected chi connectivity index (χ4v) is 2.72. The van der Waals surface area contributed by atoms with Gasteiger partial charge in [0.05, 0.1) is 12.1 Å². The van der Waals surface area contributed by atoms with Gasteiger partial charge >= 0.3 is 0 Å². The lowest BCUT2D eigenvalue weighted by atomic mass is 9.92. The van der Waals surface area contributed by atoms with Gasteiger partial charge in [0.1, 0.15) is 0 Å². The van der Waals surface area contributed by atoms with E-state index in [1.807, 2.05) is 0 Å². The first-order chi connectivity index (χ1) is 8.60. The Kier molecular flexibility index (Phi) is 6.65. The summed E-state index contributed by atoms with van der Waals surface area (Å²) in [6.45, 7) is 7.54. The van der Waals surface area contributed by atoms with Gasteiger partial charge < -0.3 is 15.7 Å². The number of rotatable bonds is 6. The summed E-state index contributed by atoms with van der Waals surface area (Å²) in [6.07, 6.45) is 3.71. The van der Waals surface area contributed by atoms with Crippen molar-refractivity contribution in [2.45, 2.75) is 58.6 Å². The van der Waals surface area contributed by atoms with Gasteiger partial charge in [-0.2, -0.15) is 0 Å². The van der Waals surface area contributed by atoms with Crippen LogP contribution in [0.2, 0.25) is 0 Å². The molecule has 0 aromatic carbocycles. The van der Waals surface area contributed by atoms with Gasteiger partial charge in [-0.1, -0.05) is 33.6 Å². The molecule has 1 fully saturated rings. The highest BCUT2D eigenvalue weighted by atomic mass is 16.3. The molecule has 4 heteroatoms. The number of carbonyl (C=O) groups excluding carboxylic acids is 1. The van der Waals surface area contributed by atoms with Crippen molar-refractivity contribution in [1.29, 1.82) is 0 Å². The Morgan fingerprint density at radius 2 is 2.11 bits per heavy atom. The van der Waals surface area contributed by atoms with Gasteiger partial charge in [-0.3, -0.25) is 4.79 Å². The van der Waals surface area contributed by atoms with Crippen molar-refractivity contribution in [2.24, 2.45) is 11.8 Å². The molecule has 1 rings (SSSR count). The zero-order chi connectivity index (χ0) is 13.5. The van der Waals surface area contributed by atoms with E-state index in [0.717, 1.165) is 32.2 Å². The number of aliphatic hydroxyl groups excluding tert-OH is 1. The molecule has 0 aromatic heterocycles. The van der Waals surface area contributed by atoms with Crippen molar-refractivity contribution in [3.8, 4) is 0 Å². The molecule has 3 unspecified atom stereocenters. The lowest BCUT2D eigenvalue weighted by Gasteiger charge is -2.29. The maximum absolute atomic E-state index is 12.0. The van der Waals surface area contributed by atoms with E-state index in [4.69, 9.17) is 0 Å². The van der Waals surface area contributed by atoms with E-state index in [2.05, 4.69) is 31.4 Å². The zero-order valence-corrected chi connectivity index (χ0v) is 11.9. The quantitative estimate of drug-likeness (QED) is 0.671. The maximum Gasteiger partial charge on any atom is 0.237 e. The van der Waals surface area contributed by atoms with Gasteiger partial charge in [-0.25, -0.2) is 0 Å². The van der Waals surface area contributed by atoms with E-state index in [9.17, 15) is 9.90 Å². The fourth-order valence-electron chi connectivity index (χ4n) is 2.72. The number of hydrogen-bond acceptors (Lipinski definition) is 3. The van der Waals surface area contributed by atoms with Crippen molar-refractivity contribution in [1.82, 2.24) is 10.6 Å². The molecule has 0 spiro atoms. The normalized spacial score (nSPS) is 26.1. The summed E-state index contributed by atoms with van der Waals surface area (Å²) >= 11 is 0. The van der Waals surface area contributed by atoms with Crippen LogP contribution in [-0.4, -0.2) is 36.2 Å². The van der Waals surface area contributed by atoms with Crippen LogP contribution in [-0.2, 0) is 4.79 Å². The molecule has 0 radical (unpaired) electrons. The molecule has 0 bridgehead atoms. The highest BCUT2D eigenvalue weighted by Gasteiger charge is 2.27. The molecular weight excluding hydrogens is 228 g/mol. The smallest absolute Gasteiger partial charge is 0.237 e. The first-order valence-corrected chi connectivity index (χ1v) is 7.29. The van der Waals surface area contributed by atoms with Crippen LogP contribution in [0, 0.1) is 11.8 Å². The Morgan fingerprint density at radius 3 is 2.67 bits per heavy atom. The summed E-state index contributed by atoms with van der Waals surface area (Å²) in [6, 6.07) is -0.0901. The SMILES string of the molecule is CCC(CC)C(O)CNC(=O)C1NCCCC1C. The number of aliphatic hydroxyl groups is 1. The minimum absolute atomic E-state index is 0.0345. The van der Waals surface area contributed by atoms with E-state index in [1.54, 1.807) is 0 Å². The topological polar surface area (TPSA) is 61.4 Å². The minimum Gasteiger partial charge on any atom is -0.391 e. The summed E-state index contributed by atoms with van der Waals surface area (Å²) in [7, 11) is 0. The van der Waals surface area contributed by atoms with Crippen molar-refractivity contribution in [3.05, 3.63) is 0 Å². The van der Waals surface area contributed by atoms with Gasteiger partial charge in [0.15, 0.2) is 0 Å². The van der Waals surface area contributed by atoms with Crippen molar-refractivity contribution in [2.75, 3.05) is 13.1 Å². The second-order valence-corrected chi connectivity index (χ2v) is 5.44.